The summed E-state index contributed by atoms with van der Waals surface area (Å²) in [5.74, 6) is 2.07. The van der Waals surface area contributed by atoms with Crippen molar-refractivity contribution in [1.82, 2.24) is 10.2 Å². The van der Waals surface area contributed by atoms with Gasteiger partial charge < -0.3 is 10.2 Å². The van der Waals surface area contributed by atoms with E-state index in [-0.39, 0.29) is 0 Å². The van der Waals surface area contributed by atoms with Gasteiger partial charge in [-0.15, -0.1) is 0 Å². The first-order valence-electron chi connectivity index (χ1n) is 5.28. The summed E-state index contributed by atoms with van der Waals surface area (Å²) in [7, 11) is 0. The van der Waals surface area contributed by atoms with E-state index in [1.54, 1.807) is 0 Å². The summed E-state index contributed by atoms with van der Waals surface area (Å²) < 4.78 is 0. The van der Waals surface area contributed by atoms with Crippen LogP contribution in [0, 0.1) is 17.3 Å². The van der Waals surface area contributed by atoms with Crippen molar-refractivity contribution in [2.24, 2.45) is 17.3 Å². The van der Waals surface area contributed by atoms with Crippen molar-refractivity contribution in [3.8, 4) is 0 Å². The lowest BCUT2D eigenvalue weighted by Crippen LogP contribution is -2.48. The zero-order valence-corrected chi connectivity index (χ0v) is 7.84. The van der Waals surface area contributed by atoms with Gasteiger partial charge in [0.05, 0.1) is 0 Å². The van der Waals surface area contributed by atoms with Gasteiger partial charge in [-0.25, -0.2) is 0 Å². The maximum Gasteiger partial charge on any atom is 0.00565 e. The molecule has 0 amide bonds. The van der Waals surface area contributed by atoms with Gasteiger partial charge in [0, 0.05) is 25.0 Å². The Morgan fingerprint density at radius 1 is 1.50 bits per heavy atom. The highest BCUT2D eigenvalue weighted by atomic mass is 15.2. The fraction of sp³-hybridized carbons (Fsp3) is 1.00. The van der Waals surface area contributed by atoms with E-state index in [1.807, 2.05) is 0 Å². The molecule has 2 heterocycles. The lowest BCUT2D eigenvalue weighted by atomic mass is 9.56. The molecule has 1 saturated carbocycles. The molecule has 2 aliphatic heterocycles. The van der Waals surface area contributed by atoms with Gasteiger partial charge >= 0.3 is 0 Å². The molecule has 3 rings (SSSR count). The Balaban J connectivity index is 1.82. The lowest BCUT2D eigenvalue weighted by molar-refractivity contribution is 0.0399. The Morgan fingerprint density at radius 2 is 2.42 bits per heavy atom. The highest BCUT2D eigenvalue weighted by Crippen LogP contribution is 2.57. The molecule has 0 aromatic carbocycles. The van der Waals surface area contributed by atoms with Crippen LogP contribution in [0.2, 0.25) is 0 Å². The van der Waals surface area contributed by atoms with Crippen LogP contribution >= 0.6 is 0 Å². The predicted octanol–water partition coefficient (Wildman–Crippen LogP) is 0.548. The van der Waals surface area contributed by atoms with Gasteiger partial charge in [-0.05, 0) is 31.3 Å². The van der Waals surface area contributed by atoms with Crippen LogP contribution in [0.3, 0.4) is 0 Å². The molecule has 12 heavy (non-hydrogen) atoms. The third-order valence-corrected chi connectivity index (χ3v) is 4.48. The second-order valence-electron chi connectivity index (χ2n) is 4.82. The van der Waals surface area contributed by atoms with Crippen molar-refractivity contribution in [3.05, 3.63) is 0 Å². The molecule has 68 valence electrons. The van der Waals surface area contributed by atoms with E-state index < -0.39 is 0 Å². The average Bonchev–Trinajstić information content (AvgIpc) is 2.54. The van der Waals surface area contributed by atoms with E-state index in [1.165, 1.54) is 39.1 Å². The first-order valence-corrected chi connectivity index (χ1v) is 5.28. The Kier molecular flexibility index (Phi) is 1.37. The summed E-state index contributed by atoms with van der Waals surface area (Å²) >= 11 is 0. The number of hydrogen-bond acceptors (Lipinski definition) is 2. The van der Waals surface area contributed by atoms with Crippen molar-refractivity contribution in [2.45, 2.75) is 13.3 Å². The molecule has 3 fully saturated rings. The molecular formula is C10H18N2. The van der Waals surface area contributed by atoms with Crippen LogP contribution in [0.15, 0.2) is 0 Å². The van der Waals surface area contributed by atoms with Gasteiger partial charge in [0.2, 0.25) is 0 Å². The monoisotopic (exact) mass is 166 g/mol. The lowest BCUT2D eigenvalue weighted by Gasteiger charge is -2.46. The van der Waals surface area contributed by atoms with Crippen molar-refractivity contribution in [3.63, 3.8) is 0 Å². The number of hydrogen-bond donors (Lipinski definition) is 1. The molecule has 1 spiro atoms. The van der Waals surface area contributed by atoms with Crippen LogP contribution in [0.4, 0.5) is 0 Å². The summed E-state index contributed by atoms with van der Waals surface area (Å²) in [6.45, 7) is 8.91. The molecule has 2 saturated heterocycles. The normalized spacial score (nSPS) is 51.8. The Bertz CT molecular complexity index is 204. The number of rotatable bonds is 1. The van der Waals surface area contributed by atoms with Gasteiger partial charge in [0.25, 0.3) is 0 Å². The minimum absolute atomic E-state index is 0.732. The summed E-state index contributed by atoms with van der Waals surface area (Å²) in [5, 5.41) is 3.56. The minimum Gasteiger partial charge on any atom is -0.316 e. The van der Waals surface area contributed by atoms with Gasteiger partial charge in [-0.3, -0.25) is 0 Å². The highest BCUT2D eigenvalue weighted by molar-refractivity contribution is 5.13. The van der Waals surface area contributed by atoms with Crippen molar-refractivity contribution in [1.29, 1.82) is 0 Å². The van der Waals surface area contributed by atoms with Crippen LogP contribution in [0.5, 0.6) is 0 Å². The van der Waals surface area contributed by atoms with Crippen molar-refractivity contribution < 1.29 is 0 Å². The van der Waals surface area contributed by atoms with Crippen molar-refractivity contribution in [2.75, 3.05) is 32.7 Å². The SMILES string of the molecule is CCN1CC2CC3CNCC32C1. The van der Waals surface area contributed by atoms with Crippen LogP contribution < -0.4 is 5.32 Å². The Labute approximate surface area is 74.3 Å². The Hall–Kier alpha value is -0.0800. The smallest absolute Gasteiger partial charge is 0.00565 e. The van der Waals surface area contributed by atoms with E-state index in [4.69, 9.17) is 0 Å². The molecule has 2 heteroatoms. The molecule has 0 aromatic rings. The fourth-order valence-electron chi connectivity index (χ4n) is 3.64. The molecule has 0 aromatic heterocycles. The van der Waals surface area contributed by atoms with E-state index in [0.29, 0.717) is 0 Å². The largest absolute Gasteiger partial charge is 0.316 e. The topological polar surface area (TPSA) is 15.3 Å². The summed E-state index contributed by atoms with van der Waals surface area (Å²) in [6.07, 6.45) is 1.50. The standard InChI is InChI=1S/C10H18N2/c1-2-12-5-9-3-8-4-11-6-10(8,9)7-12/h8-9,11H,2-7H2,1H3. The zero-order valence-electron chi connectivity index (χ0n) is 7.84. The molecule has 3 atom stereocenters. The number of likely N-dealkylation sites (tertiary alicyclic amines) is 1. The highest BCUT2D eigenvalue weighted by Gasteiger charge is 2.60. The maximum atomic E-state index is 3.56. The molecule has 2 nitrogen and oxygen atoms in total. The van der Waals surface area contributed by atoms with Gasteiger partial charge in [0.15, 0.2) is 0 Å². The second kappa shape index (κ2) is 2.24. The molecule has 1 aliphatic carbocycles. The molecule has 0 radical (unpaired) electrons. The predicted molar refractivity (Wildman–Crippen MR) is 49.0 cm³/mol. The second-order valence-corrected chi connectivity index (χ2v) is 4.82. The first kappa shape index (κ1) is 7.34. The average molecular weight is 166 g/mol. The van der Waals surface area contributed by atoms with Crippen molar-refractivity contribution >= 4 is 0 Å². The first-order chi connectivity index (χ1) is 5.85. The quantitative estimate of drug-likeness (QED) is 0.612. The molecule has 3 aliphatic rings. The maximum absolute atomic E-state index is 3.56. The summed E-state index contributed by atoms with van der Waals surface area (Å²) in [4.78, 5) is 2.64. The molecule has 1 N–H and O–H groups in total. The van der Waals surface area contributed by atoms with Gasteiger partial charge in [-0.2, -0.15) is 0 Å². The zero-order chi connectivity index (χ0) is 8.18. The van der Waals surface area contributed by atoms with Crippen LogP contribution in [0.25, 0.3) is 0 Å². The number of nitrogens with one attached hydrogen (secondary N) is 1. The number of nitrogens with zero attached hydrogens (tertiary/aromatic N) is 1. The molecule has 3 unspecified atom stereocenters. The third kappa shape index (κ3) is 0.686. The van der Waals surface area contributed by atoms with Crippen LogP contribution in [-0.4, -0.2) is 37.6 Å². The van der Waals surface area contributed by atoms with Crippen LogP contribution in [0.1, 0.15) is 13.3 Å². The Morgan fingerprint density at radius 3 is 3.17 bits per heavy atom. The van der Waals surface area contributed by atoms with Gasteiger partial charge in [-0.1, -0.05) is 6.92 Å². The minimum atomic E-state index is 0.732. The third-order valence-electron chi connectivity index (χ3n) is 4.48. The summed E-state index contributed by atoms with van der Waals surface area (Å²) in [6, 6.07) is 0. The van der Waals surface area contributed by atoms with Gasteiger partial charge in [0.1, 0.15) is 0 Å². The van der Waals surface area contributed by atoms with Crippen LogP contribution in [-0.2, 0) is 0 Å². The molecule has 0 bridgehead atoms. The fourth-order valence-corrected chi connectivity index (χ4v) is 3.64. The van der Waals surface area contributed by atoms with E-state index in [0.717, 1.165) is 17.3 Å². The van der Waals surface area contributed by atoms with E-state index in [9.17, 15) is 0 Å². The van der Waals surface area contributed by atoms with E-state index in [2.05, 4.69) is 17.1 Å². The van der Waals surface area contributed by atoms with E-state index >= 15 is 0 Å². The molecular weight excluding hydrogens is 148 g/mol. The summed E-state index contributed by atoms with van der Waals surface area (Å²) in [5.41, 5.74) is 0.732.